The number of pyridine rings is 1. The Labute approximate surface area is 82.1 Å². The molecule has 0 amide bonds. The molecule has 0 aromatic carbocycles. The molecule has 1 heterocycles. The third-order valence-electron chi connectivity index (χ3n) is 1.57. The first-order valence-corrected chi connectivity index (χ1v) is 4.67. The minimum absolute atomic E-state index is 0.686. The largest absolute Gasteiger partial charge is 0.618 e. The summed E-state index contributed by atoms with van der Waals surface area (Å²) >= 11 is 6.61. The Kier molecular flexibility index (Phi) is 2.54. The van der Waals surface area contributed by atoms with Gasteiger partial charge in [-0.05, 0) is 44.3 Å². The predicted molar refractivity (Wildman–Crippen MR) is 50.3 cm³/mol. The van der Waals surface area contributed by atoms with Crippen molar-refractivity contribution in [3.8, 4) is 0 Å². The van der Waals surface area contributed by atoms with Gasteiger partial charge in [-0.1, -0.05) is 0 Å². The average Bonchev–Trinajstić information content (AvgIpc) is 1.97. The molecule has 60 valence electrons. The van der Waals surface area contributed by atoms with E-state index >= 15 is 0 Å². The molecule has 1 aromatic rings. The maximum absolute atomic E-state index is 11.1. The van der Waals surface area contributed by atoms with Crippen LogP contribution >= 0.6 is 31.9 Å². The van der Waals surface area contributed by atoms with Crippen LogP contribution in [0.3, 0.4) is 0 Å². The lowest BCUT2D eigenvalue weighted by Gasteiger charge is -2.05. The van der Waals surface area contributed by atoms with Gasteiger partial charge in [-0.15, -0.1) is 0 Å². The summed E-state index contributed by atoms with van der Waals surface area (Å²) in [6, 6.07) is 0. The van der Waals surface area contributed by atoms with Crippen LogP contribution in [0.4, 0.5) is 0 Å². The summed E-state index contributed by atoms with van der Waals surface area (Å²) in [6.45, 7) is 3.72. The normalized spacial score (nSPS) is 10.2. The molecule has 0 radical (unpaired) electrons. The van der Waals surface area contributed by atoms with Crippen molar-refractivity contribution in [3.63, 3.8) is 0 Å². The molecule has 1 aromatic heterocycles. The smallest absolute Gasteiger partial charge is 0.204 e. The summed E-state index contributed by atoms with van der Waals surface area (Å²) in [7, 11) is 0. The van der Waals surface area contributed by atoms with Gasteiger partial charge in [0.15, 0.2) is 6.20 Å². The van der Waals surface area contributed by atoms with Crippen molar-refractivity contribution >= 4 is 31.9 Å². The Hall–Kier alpha value is -0.0900. The predicted octanol–water partition coefficient (Wildman–Crippen LogP) is 2.46. The van der Waals surface area contributed by atoms with Crippen molar-refractivity contribution in [3.05, 3.63) is 31.6 Å². The summed E-state index contributed by atoms with van der Waals surface area (Å²) in [5.41, 5.74) is 1.74. The van der Waals surface area contributed by atoms with Gasteiger partial charge in [-0.2, -0.15) is 4.73 Å². The molecule has 11 heavy (non-hydrogen) atoms. The van der Waals surface area contributed by atoms with E-state index in [4.69, 9.17) is 0 Å². The van der Waals surface area contributed by atoms with Crippen LogP contribution in [-0.4, -0.2) is 0 Å². The number of hydrogen-bond acceptors (Lipinski definition) is 1. The minimum atomic E-state index is 0.686. The summed E-state index contributed by atoms with van der Waals surface area (Å²) in [5, 5.41) is 11.1. The zero-order valence-electron chi connectivity index (χ0n) is 6.19. The molecule has 0 saturated heterocycles. The molecular formula is C7H7Br2NO. The fraction of sp³-hybridized carbons (Fsp3) is 0.286. The molecule has 2 nitrogen and oxygen atoms in total. The van der Waals surface area contributed by atoms with Gasteiger partial charge in [0.2, 0.25) is 5.69 Å². The fourth-order valence-corrected chi connectivity index (χ4v) is 1.81. The van der Waals surface area contributed by atoms with Gasteiger partial charge in [0.25, 0.3) is 0 Å². The second kappa shape index (κ2) is 3.11. The van der Waals surface area contributed by atoms with Crippen molar-refractivity contribution in [2.24, 2.45) is 0 Å². The van der Waals surface area contributed by atoms with Gasteiger partial charge in [0.1, 0.15) is 0 Å². The van der Waals surface area contributed by atoms with E-state index in [1.807, 2.05) is 6.92 Å². The standard InChI is InChI=1S/C7H7Br2NO/c1-4-6(8)3-10(11)5(2)7(4)9/h3H,1-2H3. The highest BCUT2D eigenvalue weighted by molar-refractivity contribution is 9.11. The van der Waals surface area contributed by atoms with Crippen molar-refractivity contribution in [2.75, 3.05) is 0 Å². The van der Waals surface area contributed by atoms with Crippen LogP contribution in [0.25, 0.3) is 0 Å². The van der Waals surface area contributed by atoms with Gasteiger partial charge in [-0.25, -0.2) is 0 Å². The molecule has 0 aliphatic rings. The highest BCUT2D eigenvalue weighted by Crippen LogP contribution is 2.24. The Morgan fingerprint density at radius 3 is 2.45 bits per heavy atom. The van der Waals surface area contributed by atoms with Crippen LogP contribution in [-0.2, 0) is 0 Å². The molecule has 0 aliphatic heterocycles. The molecule has 0 fully saturated rings. The van der Waals surface area contributed by atoms with Crippen molar-refractivity contribution in [1.29, 1.82) is 0 Å². The molecule has 0 saturated carbocycles. The van der Waals surface area contributed by atoms with Crippen LogP contribution in [0, 0.1) is 19.1 Å². The highest BCUT2D eigenvalue weighted by atomic mass is 79.9. The monoisotopic (exact) mass is 279 g/mol. The first kappa shape index (κ1) is 9.00. The lowest BCUT2D eigenvalue weighted by atomic mass is 10.2. The fourth-order valence-electron chi connectivity index (χ4n) is 0.770. The summed E-state index contributed by atoms with van der Waals surface area (Å²) in [4.78, 5) is 0. The summed E-state index contributed by atoms with van der Waals surface area (Å²) < 4.78 is 2.52. The van der Waals surface area contributed by atoms with Crippen molar-refractivity contribution in [2.45, 2.75) is 13.8 Å². The van der Waals surface area contributed by atoms with E-state index in [1.165, 1.54) is 6.20 Å². The Bertz CT molecular complexity index is 273. The lowest BCUT2D eigenvalue weighted by molar-refractivity contribution is -0.613. The van der Waals surface area contributed by atoms with Gasteiger partial charge >= 0.3 is 0 Å². The lowest BCUT2D eigenvalue weighted by Crippen LogP contribution is -2.30. The van der Waals surface area contributed by atoms with E-state index in [9.17, 15) is 5.21 Å². The van der Waals surface area contributed by atoms with E-state index in [1.54, 1.807) is 6.92 Å². The molecule has 0 aliphatic carbocycles. The van der Waals surface area contributed by atoms with Crippen molar-refractivity contribution < 1.29 is 4.73 Å². The maximum atomic E-state index is 11.1. The molecule has 0 bridgehead atoms. The summed E-state index contributed by atoms with van der Waals surface area (Å²) in [6.07, 6.45) is 1.51. The first-order chi connectivity index (χ1) is 5.04. The Morgan fingerprint density at radius 1 is 1.36 bits per heavy atom. The Balaban J connectivity index is 3.46. The van der Waals surface area contributed by atoms with Crippen LogP contribution in [0.5, 0.6) is 0 Å². The van der Waals surface area contributed by atoms with Crippen LogP contribution < -0.4 is 4.73 Å². The molecular weight excluding hydrogens is 274 g/mol. The van der Waals surface area contributed by atoms with E-state index < -0.39 is 0 Å². The van der Waals surface area contributed by atoms with Gasteiger partial charge in [0, 0.05) is 6.92 Å². The average molecular weight is 281 g/mol. The zero-order chi connectivity index (χ0) is 8.59. The zero-order valence-corrected chi connectivity index (χ0v) is 9.36. The van der Waals surface area contributed by atoms with Gasteiger partial charge in [-0.3, -0.25) is 0 Å². The third-order valence-corrected chi connectivity index (χ3v) is 3.53. The molecule has 1 rings (SSSR count). The molecule has 0 atom stereocenters. The molecule has 0 unspecified atom stereocenters. The minimum Gasteiger partial charge on any atom is -0.618 e. The topological polar surface area (TPSA) is 26.9 Å². The van der Waals surface area contributed by atoms with Gasteiger partial charge < -0.3 is 5.21 Å². The highest BCUT2D eigenvalue weighted by Gasteiger charge is 2.11. The Morgan fingerprint density at radius 2 is 1.91 bits per heavy atom. The van der Waals surface area contributed by atoms with E-state index in [-0.39, 0.29) is 0 Å². The van der Waals surface area contributed by atoms with E-state index in [0.717, 1.165) is 19.2 Å². The SMILES string of the molecule is Cc1c(Br)c[n+]([O-])c(C)c1Br. The van der Waals surface area contributed by atoms with Crippen molar-refractivity contribution in [1.82, 2.24) is 0 Å². The summed E-state index contributed by atoms with van der Waals surface area (Å²) in [5.74, 6) is 0. The van der Waals surface area contributed by atoms with Crippen LogP contribution in [0.15, 0.2) is 15.1 Å². The molecule has 4 heteroatoms. The van der Waals surface area contributed by atoms with Crippen LogP contribution in [0.1, 0.15) is 11.3 Å². The first-order valence-electron chi connectivity index (χ1n) is 3.08. The maximum Gasteiger partial charge on any atom is 0.204 e. The number of halogens is 2. The van der Waals surface area contributed by atoms with Gasteiger partial charge in [0.05, 0.1) is 8.95 Å². The molecule has 0 spiro atoms. The number of aromatic nitrogens is 1. The van der Waals surface area contributed by atoms with E-state index in [2.05, 4.69) is 31.9 Å². The quantitative estimate of drug-likeness (QED) is 0.530. The third kappa shape index (κ3) is 1.56. The van der Waals surface area contributed by atoms with E-state index in [0.29, 0.717) is 5.69 Å². The second-order valence-electron chi connectivity index (χ2n) is 2.33. The number of nitrogens with zero attached hydrogens (tertiary/aromatic N) is 1. The number of rotatable bonds is 0. The second-order valence-corrected chi connectivity index (χ2v) is 3.97. The number of hydrogen-bond donors (Lipinski definition) is 0. The molecule has 0 N–H and O–H groups in total. The van der Waals surface area contributed by atoms with Crippen LogP contribution in [0.2, 0.25) is 0 Å².